The molecule has 7 nitrogen and oxygen atoms in total. The van der Waals surface area contributed by atoms with Crippen LogP contribution in [0.1, 0.15) is 24.4 Å². The third-order valence-corrected chi connectivity index (χ3v) is 4.96. The lowest BCUT2D eigenvalue weighted by Gasteiger charge is -2.19. The number of aryl methyl sites for hydroxylation is 1. The number of pyridine rings is 1. The summed E-state index contributed by atoms with van der Waals surface area (Å²) in [6.45, 7) is 1.03. The van der Waals surface area contributed by atoms with E-state index in [-0.39, 0.29) is 17.6 Å². The average molecular weight is 436 g/mol. The lowest BCUT2D eigenvalue weighted by molar-refractivity contribution is -0.0500. The molecular formula is C23H22F2N6O. The first kappa shape index (κ1) is 21.2. The zero-order valence-corrected chi connectivity index (χ0v) is 17.5. The normalized spacial score (nSPS) is 12.0. The van der Waals surface area contributed by atoms with E-state index >= 15 is 0 Å². The zero-order valence-electron chi connectivity index (χ0n) is 17.5. The van der Waals surface area contributed by atoms with Crippen molar-refractivity contribution < 1.29 is 13.5 Å². The minimum atomic E-state index is -2.96. The maximum Gasteiger partial charge on any atom is 0.387 e. The average Bonchev–Trinajstić information content (AvgIpc) is 3.16. The van der Waals surface area contributed by atoms with E-state index in [1.54, 1.807) is 0 Å². The zero-order chi connectivity index (χ0) is 22.7. The van der Waals surface area contributed by atoms with Crippen molar-refractivity contribution in [2.75, 3.05) is 11.1 Å². The van der Waals surface area contributed by atoms with Gasteiger partial charge in [0.15, 0.2) is 0 Å². The van der Waals surface area contributed by atoms with Crippen molar-refractivity contribution in [3.8, 4) is 28.0 Å². The molecule has 1 aromatic carbocycles. The Morgan fingerprint density at radius 3 is 2.59 bits per heavy atom. The van der Waals surface area contributed by atoms with Crippen LogP contribution in [-0.2, 0) is 0 Å². The number of nitrogen functional groups attached to an aromatic ring is 1. The summed E-state index contributed by atoms with van der Waals surface area (Å²) in [5, 5.41) is 3.37. The quantitative estimate of drug-likeness (QED) is 0.368. The van der Waals surface area contributed by atoms with Gasteiger partial charge in [-0.15, -0.1) is 0 Å². The van der Waals surface area contributed by atoms with E-state index in [1.807, 2.05) is 44.2 Å². The van der Waals surface area contributed by atoms with Crippen LogP contribution in [0.25, 0.3) is 22.3 Å². The second-order valence-electron chi connectivity index (χ2n) is 7.28. The molecular weight excluding hydrogens is 414 g/mol. The number of nitrogens with two attached hydrogens (primary N) is 1. The molecule has 0 bridgehead atoms. The summed E-state index contributed by atoms with van der Waals surface area (Å²) < 4.78 is 29.7. The molecule has 164 valence electrons. The van der Waals surface area contributed by atoms with Gasteiger partial charge in [-0.1, -0.05) is 30.3 Å². The van der Waals surface area contributed by atoms with Crippen molar-refractivity contribution in [1.29, 1.82) is 0 Å². The number of alkyl halides is 2. The Morgan fingerprint density at radius 2 is 1.84 bits per heavy atom. The first-order valence-corrected chi connectivity index (χ1v) is 9.94. The number of benzene rings is 1. The van der Waals surface area contributed by atoms with Crippen LogP contribution < -0.4 is 15.8 Å². The van der Waals surface area contributed by atoms with Crippen LogP contribution in [0.2, 0.25) is 0 Å². The fourth-order valence-electron chi connectivity index (χ4n) is 3.60. The Hall–Kier alpha value is -4.01. The third kappa shape index (κ3) is 4.51. The molecule has 3 aromatic heterocycles. The largest absolute Gasteiger partial charge is 0.433 e. The van der Waals surface area contributed by atoms with Crippen molar-refractivity contribution in [3.05, 3.63) is 72.6 Å². The SMILES string of the molecule is Cc1cc(-c2ccccc2)c([C@H](C)Nc2ncnc(N)c2-c2cncc(OC(F)F)c2)[nH]1. The number of ether oxygens (including phenoxy) is 1. The summed E-state index contributed by atoms with van der Waals surface area (Å²) in [6.07, 6.45) is 4.05. The smallest absolute Gasteiger partial charge is 0.387 e. The monoisotopic (exact) mass is 436 g/mol. The van der Waals surface area contributed by atoms with Crippen molar-refractivity contribution in [2.45, 2.75) is 26.5 Å². The van der Waals surface area contributed by atoms with E-state index in [0.717, 1.165) is 22.5 Å². The Bertz CT molecular complexity index is 1210. The summed E-state index contributed by atoms with van der Waals surface area (Å²) in [4.78, 5) is 15.8. The van der Waals surface area contributed by atoms with E-state index in [9.17, 15) is 8.78 Å². The number of aromatic nitrogens is 4. The third-order valence-electron chi connectivity index (χ3n) is 4.96. The molecule has 0 aliphatic heterocycles. The predicted molar refractivity (Wildman–Crippen MR) is 119 cm³/mol. The van der Waals surface area contributed by atoms with Crippen LogP contribution >= 0.6 is 0 Å². The Morgan fingerprint density at radius 1 is 1.06 bits per heavy atom. The molecule has 32 heavy (non-hydrogen) atoms. The van der Waals surface area contributed by atoms with Crippen LogP contribution in [-0.4, -0.2) is 26.5 Å². The Kier molecular flexibility index (Phi) is 5.98. The summed E-state index contributed by atoms with van der Waals surface area (Å²) in [6, 6.07) is 13.4. The topological polar surface area (TPSA) is 102 Å². The molecule has 0 amide bonds. The van der Waals surface area contributed by atoms with Gasteiger partial charge in [-0.2, -0.15) is 8.78 Å². The maximum atomic E-state index is 12.6. The van der Waals surface area contributed by atoms with Gasteiger partial charge in [-0.25, -0.2) is 9.97 Å². The molecule has 4 rings (SSSR count). The first-order chi connectivity index (χ1) is 15.4. The lowest BCUT2D eigenvalue weighted by Crippen LogP contribution is -2.12. The van der Waals surface area contributed by atoms with Crippen molar-refractivity contribution in [2.24, 2.45) is 0 Å². The molecule has 0 aliphatic rings. The molecule has 0 fully saturated rings. The summed E-state index contributed by atoms with van der Waals surface area (Å²) >= 11 is 0. The van der Waals surface area contributed by atoms with Gasteiger partial charge in [-0.05, 0) is 31.5 Å². The predicted octanol–water partition coefficient (Wildman–Crippen LogP) is 5.20. The number of halogens is 2. The molecule has 0 saturated carbocycles. The molecule has 1 atom stereocenters. The van der Waals surface area contributed by atoms with Gasteiger partial charge in [0.05, 0.1) is 17.8 Å². The minimum absolute atomic E-state index is 0.0777. The number of nitrogens with zero attached hydrogens (tertiary/aromatic N) is 3. The highest BCUT2D eigenvalue weighted by Crippen LogP contribution is 2.36. The van der Waals surface area contributed by atoms with E-state index in [2.05, 4.69) is 36.1 Å². The highest BCUT2D eigenvalue weighted by molar-refractivity contribution is 5.84. The molecule has 0 saturated heterocycles. The summed E-state index contributed by atoms with van der Waals surface area (Å²) in [7, 11) is 0. The van der Waals surface area contributed by atoms with E-state index in [4.69, 9.17) is 5.73 Å². The van der Waals surface area contributed by atoms with Crippen molar-refractivity contribution in [3.63, 3.8) is 0 Å². The highest BCUT2D eigenvalue weighted by atomic mass is 19.3. The van der Waals surface area contributed by atoms with Crippen LogP contribution in [0.15, 0.2) is 61.2 Å². The maximum absolute atomic E-state index is 12.6. The number of rotatable bonds is 7. The van der Waals surface area contributed by atoms with Crippen molar-refractivity contribution in [1.82, 2.24) is 19.9 Å². The van der Waals surface area contributed by atoms with Gasteiger partial charge in [0.2, 0.25) is 0 Å². The van der Waals surface area contributed by atoms with E-state index < -0.39 is 6.61 Å². The van der Waals surface area contributed by atoms with Gasteiger partial charge in [0.1, 0.15) is 23.7 Å². The van der Waals surface area contributed by atoms with Gasteiger partial charge in [0.25, 0.3) is 0 Å². The minimum Gasteiger partial charge on any atom is -0.433 e. The first-order valence-electron chi connectivity index (χ1n) is 9.94. The van der Waals surface area contributed by atoms with E-state index in [0.29, 0.717) is 16.9 Å². The molecule has 4 N–H and O–H groups in total. The number of hydrogen-bond donors (Lipinski definition) is 3. The van der Waals surface area contributed by atoms with Crippen LogP contribution in [0.4, 0.5) is 20.4 Å². The molecule has 3 heterocycles. The Balaban J connectivity index is 1.70. The molecule has 0 unspecified atom stereocenters. The van der Waals surface area contributed by atoms with Crippen LogP contribution in [0.3, 0.4) is 0 Å². The molecule has 0 radical (unpaired) electrons. The van der Waals surface area contributed by atoms with E-state index in [1.165, 1.54) is 24.8 Å². The summed E-state index contributed by atoms with van der Waals surface area (Å²) in [5.41, 5.74) is 11.2. The number of aromatic amines is 1. The lowest BCUT2D eigenvalue weighted by atomic mass is 10.0. The number of H-pyrrole nitrogens is 1. The number of hydrogen-bond acceptors (Lipinski definition) is 6. The second kappa shape index (κ2) is 9.01. The van der Waals surface area contributed by atoms with Crippen molar-refractivity contribution >= 4 is 11.6 Å². The standard InChI is InChI=1S/C23H22F2N6O/c1-13-8-18(15-6-4-3-5-7-15)20(30-13)14(2)31-22-19(21(26)28-12-29-22)16-9-17(11-27-10-16)32-23(24)25/h3-12,14,23,30H,1-2H3,(H3,26,28,29,31)/t14-/m0/s1. The number of nitrogens with one attached hydrogen (secondary N) is 2. The number of anilines is 2. The molecule has 0 spiro atoms. The van der Waals surface area contributed by atoms with Crippen LogP contribution in [0.5, 0.6) is 5.75 Å². The highest BCUT2D eigenvalue weighted by Gasteiger charge is 2.19. The van der Waals surface area contributed by atoms with Gasteiger partial charge >= 0.3 is 6.61 Å². The molecule has 9 heteroatoms. The van der Waals surface area contributed by atoms with Gasteiger partial charge in [0, 0.05) is 28.7 Å². The van der Waals surface area contributed by atoms with Gasteiger partial charge < -0.3 is 20.8 Å². The molecule has 4 aromatic rings. The molecule has 0 aliphatic carbocycles. The Labute approximate surface area is 183 Å². The van der Waals surface area contributed by atoms with Crippen LogP contribution in [0, 0.1) is 6.92 Å². The fraction of sp³-hybridized carbons (Fsp3) is 0.174. The van der Waals surface area contributed by atoms with Gasteiger partial charge in [-0.3, -0.25) is 4.98 Å². The fourth-order valence-corrected chi connectivity index (χ4v) is 3.60. The second-order valence-corrected chi connectivity index (χ2v) is 7.28. The summed E-state index contributed by atoms with van der Waals surface area (Å²) in [5.74, 6) is 0.565.